The van der Waals surface area contributed by atoms with Gasteiger partial charge in [0.25, 0.3) is 0 Å². The second kappa shape index (κ2) is 4.71. The number of aliphatic hydroxyl groups excluding tert-OH is 1. The zero-order valence-corrected chi connectivity index (χ0v) is 10.5. The molecule has 1 aliphatic carbocycles. The van der Waals surface area contributed by atoms with Gasteiger partial charge in [0.05, 0.1) is 6.10 Å². The lowest BCUT2D eigenvalue weighted by molar-refractivity contribution is 0.0625. The molecule has 1 saturated carbocycles. The second-order valence-electron chi connectivity index (χ2n) is 4.64. The standard InChI is InChI=1S/C13H13ClN2O2/c14-11-4-2-1-3-8(11)7-12-15-13(18-16-12)9-5-10(17)6-9/h1-4,9-10,17H,5-7H2. The lowest BCUT2D eigenvalue weighted by Gasteiger charge is -2.27. The maximum Gasteiger partial charge on any atom is 0.229 e. The van der Waals surface area contributed by atoms with E-state index in [0.29, 0.717) is 36.0 Å². The maximum absolute atomic E-state index is 9.25. The Bertz CT molecular complexity index is 549. The van der Waals surface area contributed by atoms with Gasteiger partial charge in [0.2, 0.25) is 5.89 Å². The van der Waals surface area contributed by atoms with Crippen LogP contribution in [0.15, 0.2) is 28.8 Å². The number of rotatable bonds is 3. The van der Waals surface area contributed by atoms with Crippen LogP contribution in [0.3, 0.4) is 0 Å². The van der Waals surface area contributed by atoms with Gasteiger partial charge in [-0.2, -0.15) is 4.98 Å². The molecule has 0 saturated heterocycles. The molecule has 1 heterocycles. The largest absolute Gasteiger partial charge is 0.393 e. The SMILES string of the molecule is OC1CC(c2nc(Cc3ccccc3Cl)no2)C1. The fraction of sp³-hybridized carbons (Fsp3) is 0.385. The third kappa shape index (κ3) is 2.26. The maximum atomic E-state index is 9.25. The van der Waals surface area contributed by atoms with E-state index in [1.54, 1.807) is 0 Å². The fourth-order valence-corrected chi connectivity index (χ4v) is 2.31. The predicted octanol–water partition coefficient (Wildman–Crippen LogP) is 2.55. The summed E-state index contributed by atoms with van der Waals surface area (Å²) in [5, 5.41) is 13.9. The minimum absolute atomic E-state index is 0.214. The van der Waals surface area contributed by atoms with E-state index in [1.807, 2.05) is 24.3 Å². The van der Waals surface area contributed by atoms with E-state index in [0.717, 1.165) is 5.56 Å². The Morgan fingerprint density at radius 2 is 2.11 bits per heavy atom. The molecule has 4 nitrogen and oxygen atoms in total. The quantitative estimate of drug-likeness (QED) is 0.926. The normalized spacial score (nSPS) is 22.8. The van der Waals surface area contributed by atoms with Crippen LogP contribution in [0.1, 0.15) is 36.0 Å². The minimum Gasteiger partial charge on any atom is -0.393 e. The van der Waals surface area contributed by atoms with Crippen molar-refractivity contribution >= 4 is 11.6 Å². The number of hydrogen-bond acceptors (Lipinski definition) is 4. The molecule has 94 valence electrons. The Morgan fingerprint density at radius 1 is 1.33 bits per heavy atom. The van der Waals surface area contributed by atoms with Gasteiger partial charge in [0, 0.05) is 17.4 Å². The van der Waals surface area contributed by atoms with Gasteiger partial charge >= 0.3 is 0 Å². The van der Waals surface area contributed by atoms with E-state index in [1.165, 1.54) is 0 Å². The lowest BCUT2D eigenvalue weighted by atomic mass is 9.82. The first-order valence-electron chi connectivity index (χ1n) is 5.96. The summed E-state index contributed by atoms with van der Waals surface area (Å²) in [6, 6.07) is 7.62. The number of hydrogen-bond donors (Lipinski definition) is 1. The number of benzene rings is 1. The summed E-state index contributed by atoms with van der Waals surface area (Å²) >= 11 is 6.08. The summed E-state index contributed by atoms with van der Waals surface area (Å²) in [6.45, 7) is 0. The molecular weight excluding hydrogens is 252 g/mol. The third-order valence-corrected chi connectivity index (χ3v) is 3.62. The van der Waals surface area contributed by atoms with Crippen molar-refractivity contribution in [1.29, 1.82) is 0 Å². The molecule has 0 unspecified atom stereocenters. The van der Waals surface area contributed by atoms with E-state index in [2.05, 4.69) is 10.1 Å². The molecule has 1 aromatic carbocycles. The molecule has 0 aliphatic heterocycles. The summed E-state index contributed by atoms with van der Waals surface area (Å²) < 4.78 is 5.21. The smallest absolute Gasteiger partial charge is 0.229 e. The first-order chi connectivity index (χ1) is 8.72. The second-order valence-corrected chi connectivity index (χ2v) is 5.05. The Balaban J connectivity index is 1.72. The van der Waals surface area contributed by atoms with Gasteiger partial charge in [0.1, 0.15) is 0 Å². The fourth-order valence-electron chi connectivity index (χ4n) is 2.11. The summed E-state index contributed by atoms with van der Waals surface area (Å²) in [5.74, 6) is 1.48. The highest BCUT2D eigenvalue weighted by Crippen LogP contribution is 2.35. The van der Waals surface area contributed by atoms with Gasteiger partial charge in [0.15, 0.2) is 5.82 Å². The van der Waals surface area contributed by atoms with Crippen LogP contribution in [-0.2, 0) is 6.42 Å². The monoisotopic (exact) mass is 264 g/mol. The molecule has 0 amide bonds. The van der Waals surface area contributed by atoms with Crippen molar-refractivity contribution in [2.75, 3.05) is 0 Å². The Labute approximate surface area is 110 Å². The van der Waals surface area contributed by atoms with Crippen LogP contribution in [-0.4, -0.2) is 21.4 Å². The van der Waals surface area contributed by atoms with Crippen LogP contribution in [0, 0.1) is 0 Å². The van der Waals surface area contributed by atoms with Crippen molar-refractivity contribution in [2.24, 2.45) is 0 Å². The summed E-state index contributed by atoms with van der Waals surface area (Å²) in [6.07, 6.45) is 1.79. The van der Waals surface area contributed by atoms with Crippen LogP contribution in [0.25, 0.3) is 0 Å². The van der Waals surface area contributed by atoms with E-state index in [4.69, 9.17) is 16.1 Å². The van der Waals surface area contributed by atoms with E-state index in [9.17, 15) is 5.11 Å². The third-order valence-electron chi connectivity index (χ3n) is 3.25. The molecule has 0 atom stereocenters. The predicted molar refractivity (Wildman–Crippen MR) is 66.5 cm³/mol. The Kier molecular flexibility index (Phi) is 3.06. The molecular formula is C13H13ClN2O2. The molecule has 0 spiro atoms. The number of aromatic nitrogens is 2. The molecule has 1 aliphatic rings. The van der Waals surface area contributed by atoms with E-state index in [-0.39, 0.29) is 12.0 Å². The molecule has 0 radical (unpaired) electrons. The highest BCUT2D eigenvalue weighted by Gasteiger charge is 2.32. The summed E-state index contributed by atoms with van der Waals surface area (Å²) in [5.41, 5.74) is 0.986. The molecule has 3 rings (SSSR count). The van der Waals surface area contributed by atoms with Gasteiger partial charge in [-0.3, -0.25) is 0 Å². The topological polar surface area (TPSA) is 59.2 Å². The van der Waals surface area contributed by atoms with Crippen LogP contribution >= 0.6 is 11.6 Å². The number of aliphatic hydroxyl groups is 1. The van der Waals surface area contributed by atoms with Crippen LogP contribution in [0.5, 0.6) is 0 Å². The lowest BCUT2D eigenvalue weighted by Crippen LogP contribution is -2.26. The Hall–Kier alpha value is -1.39. The molecule has 1 N–H and O–H groups in total. The first-order valence-corrected chi connectivity index (χ1v) is 6.34. The number of halogens is 1. The minimum atomic E-state index is -0.214. The van der Waals surface area contributed by atoms with Crippen LogP contribution < -0.4 is 0 Å². The van der Waals surface area contributed by atoms with Gasteiger partial charge in [-0.05, 0) is 24.5 Å². The molecule has 18 heavy (non-hydrogen) atoms. The number of nitrogens with zero attached hydrogens (tertiary/aromatic N) is 2. The van der Waals surface area contributed by atoms with Crippen LogP contribution in [0.4, 0.5) is 0 Å². The van der Waals surface area contributed by atoms with Crippen molar-refractivity contribution in [2.45, 2.75) is 31.3 Å². The first kappa shape index (κ1) is 11.7. The summed E-state index contributed by atoms with van der Waals surface area (Å²) in [7, 11) is 0. The zero-order chi connectivity index (χ0) is 12.5. The van der Waals surface area contributed by atoms with Crippen molar-refractivity contribution in [3.05, 3.63) is 46.6 Å². The highest BCUT2D eigenvalue weighted by atomic mass is 35.5. The van der Waals surface area contributed by atoms with Crippen molar-refractivity contribution in [3.8, 4) is 0 Å². The van der Waals surface area contributed by atoms with E-state index >= 15 is 0 Å². The van der Waals surface area contributed by atoms with Gasteiger partial charge < -0.3 is 9.63 Å². The molecule has 0 bridgehead atoms. The molecule has 5 heteroatoms. The zero-order valence-electron chi connectivity index (χ0n) is 9.71. The molecule has 1 aromatic heterocycles. The highest BCUT2D eigenvalue weighted by molar-refractivity contribution is 6.31. The average molecular weight is 265 g/mol. The van der Waals surface area contributed by atoms with Gasteiger partial charge in [-0.25, -0.2) is 0 Å². The van der Waals surface area contributed by atoms with Crippen molar-refractivity contribution < 1.29 is 9.63 Å². The molecule has 1 fully saturated rings. The van der Waals surface area contributed by atoms with Gasteiger partial charge in [-0.1, -0.05) is 35.0 Å². The van der Waals surface area contributed by atoms with Crippen LogP contribution in [0.2, 0.25) is 5.02 Å². The van der Waals surface area contributed by atoms with Crippen molar-refractivity contribution in [1.82, 2.24) is 10.1 Å². The van der Waals surface area contributed by atoms with Crippen molar-refractivity contribution in [3.63, 3.8) is 0 Å². The average Bonchev–Trinajstić information content (AvgIpc) is 2.76. The molecule has 2 aromatic rings. The van der Waals surface area contributed by atoms with Gasteiger partial charge in [-0.15, -0.1) is 0 Å². The van der Waals surface area contributed by atoms with E-state index < -0.39 is 0 Å². The Morgan fingerprint density at radius 3 is 2.83 bits per heavy atom. The summed E-state index contributed by atoms with van der Waals surface area (Å²) in [4.78, 5) is 4.36.